The van der Waals surface area contributed by atoms with Crippen LogP contribution in [0, 0.1) is 0 Å². The summed E-state index contributed by atoms with van der Waals surface area (Å²) in [7, 11) is 1.59. The van der Waals surface area contributed by atoms with Crippen LogP contribution >= 0.6 is 11.8 Å². The van der Waals surface area contributed by atoms with Crippen molar-refractivity contribution in [3.8, 4) is 5.75 Å². The van der Waals surface area contributed by atoms with E-state index >= 15 is 0 Å². The van der Waals surface area contributed by atoms with Crippen LogP contribution in [0.2, 0.25) is 0 Å². The van der Waals surface area contributed by atoms with Gasteiger partial charge in [-0.1, -0.05) is 42.5 Å². The standard InChI is InChI=1S/C24H24N2O5S/c1-15-14-32-23-20(25-19(27)12-16-6-4-3-5-7-16)22(28)26(23)21(15)24(29)31-13-17-8-10-18(30-2)11-9-17/h3-11,20,23H,12-14H2,1-2H3,(H,25,27). The predicted octanol–water partition coefficient (Wildman–Crippen LogP) is 2.66. The zero-order valence-corrected chi connectivity index (χ0v) is 18.7. The highest BCUT2D eigenvalue weighted by Crippen LogP contribution is 2.40. The SMILES string of the molecule is COc1ccc(COC(=O)C2=C(C)CSC3C(NC(=O)Cc4ccccc4)C(=O)N23)cc1. The molecule has 7 nitrogen and oxygen atoms in total. The van der Waals surface area contributed by atoms with E-state index in [-0.39, 0.29) is 35.9 Å². The average Bonchev–Trinajstić information content (AvgIpc) is 2.81. The smallest absolute Gasteiger partial charge is 0.355 e. The number of ether oxygens (including phenoxy) is 2. The molecule has 2 aliphatic rings. The highest BCUT2D eigenvalue weighted by atomic mass is 32.2. The van der Waals surface area contributed by atoms with Gasteiger partial charge >= 0.3 is 5.97 Å². The summed E-state index contributed by atoms with van der Waals surface area (Å²) in [5.74, 6) is 0.263. The van der Waals surface area contributed by atoms with Gasteiger partial charge in [-0.05, 0) is 35.8 Å². The summed E-state index contributed by atoms with van der Waals surface area (Å²) in [5, 5.41) is 2.51. The molecule has 0 radical (unpaired) electrons. The molecule has 2 atom stereocenters. The molecule has 4 rings (SSSR count). The highest BCUT2D eigenvalue weighted by molar-refractivity contribution is 8.00. The second kappa shape index (κ2) is 9.48. The number of hydrogen-bond acceptors (Lipinski definition) is 6. The minimum atomic E-state index is -0.645. The Morgan fingerprint density at radius 2 is 1.81 bits per heavy atom. The molecule has 1 fully saturated rings. The van der Waals surface area contributed by atoms with Crippen molar-refractivity contribution in [2.24, 2.45) is 0 Å². The van der Waals surface area contributed by atoms with Gasteiger partial charge in [-0.15, -0.1) is 11.8 Å². The van der Waals surface area contributed by atoms with E-state index in [1.165, 1.54) is 16.7 Å². The molecular formula is C24H24N2O5S. The first kappa shape index (κ1) is 22.0. The molecule has 2 aromatic rings. The van der Waals surface area contributed by atoms with Crippen molar-refractivity contribution in [3.05, 3.63) is 77.0 Å². The Morgan fingerprint density at radius 3 is 2.50 bits per heavy atom. The molecule has 1 N–H and O–H groups in total. The van der Waals surface area contributed by atoms with Crippen molar-refractivity contribution in [1.82, 2.24) is 10.2 Å². The summed E-state index contributed by atoms with van der Waals surface area (Å²) in [6.45, 7) is 1.92. The van der Waals surface area contributed by atoms with Crippen molar-refractivity contribution in [2.45, 2.75) is 31.4 Å². The van der Waals surface area contributed by atoms with Crippen LogP contribution in [0.4, 0.5) is 0 Å². The summed E-state index contributed by atoms with van der Waals surface area (Å²) in [4.78, 5) is 39.5. The maximum Gasteiger partial charge on any atom is 0.355 e. The lowest BCUT2D eigenvalue weighted by Crippen LogP contribution is -2.70. The number of esters is 1. The van der Waals surface area contributed by atoms with Gasteiger partial charge in [-0.3, -0.25) is 14.5 Å². The van der Waals surface area contributed by atoms with E-state index in [4.69, 9.17) is 9.47 Å². The van der Waals surface area contributed by atoms with Crippen molar-refractivity contribution in [2.75, 3.05) is 12.9 Å². The number of carbonyl (C=O) groups is 3. The molecule has 2 aliphatic heterocycles. The van der Waals surface area contributed by atoms with Gasteiger partial charge in [0.25, 0.3) is 5.91 Å². The lowest BCUT2D eigenvalue weighted by Gasteiger charge is -2.49. The number of β-lactam (4-membered cyclic amide) rings is 1. The van der Waals surface area contributed by atoms with Crippen molar-refractivity contribution < 1.29 is 23.9 Å². The van der Waals surface area contributed by atoms with Crippen LogP contribution in [0.5, 0.6) is 5.75 Å². The molecule has 166 valence electrons. The first-order chi connectivity index (χ1) is 15.5. The number of nitrogens with one attached hydrogen (secondary N) is 1. The molecule has 2 heterocycles. The summed E-state index contributed by atoms with van der Waals surface area (Å²) in [5.41, 5.74) is 2.76. The Morgan fingerprint density at radius 1 is 1.09 bits per heavy atom. The van der Waals surface area contributed by atoms with Crippen LogP contribution in [0.25, 0.3) is 0 Å². The van der Waals surface area contributed by atoms with Gasteiger partial charge in [0, 0.05) is 5.75 Å². The summed E-state index contributed by atoms with van der Waals surface area (Å²) < 4.78 is 10.6. The molecule has 32 heavy (non-hydrogen) atoms. The van der Waals surface area contributed by atoms with Crippen LogP contribution < -0.4 is 10.1 Å². The van der Waals surface area contributed by atoms with Gasteiger partial charge in [0.1, 0.15) is 29.5 Å². The maximum atomic E-state index is 12.8. The number of hydrogen-bond donors (Lipinski definition) is 1. The predicted molar refractivity (Wildman–Crippen MR) is 121 cm³/mol. The van der Waals surface area contributed by atoms with E-state index in [2.05, 4.69) is 5.32 Å². The van der Waals surface area contributed by atoms with Crippen molar-refractivity contribution in [3.63, 3.8) is 0 Å². The monoisotopic (exact) mass is 452 g/mol. The number of thioether (sulfide) groups is 1. The molecular weight excluding hydrogens is 428 g/mol. The van der Waals surface area contributed by atoms with Gasteiger partial charge in [0.15, 0.2) is 0 Å². The van der Waals surface area contributed by atoms with Gasteiger partial charge in [0.05, 0.1) is 13.5 Å². The van der Waals surface area contributed by atoms with E-state index in [9.17, 15) is 14.4 Å². The molecule has 2 unspecified atom stereocenters. The third kappa shape index (κ3) is 4.50. The van der Waals surface area contributed by atoms with Gasteiger partial charge in [-0.2, -0.15) is 0 Å². The number of benzene rings is 2. The maximum absolute atomic E-state index is 12.8. The molecule has 0 aliphatic carbocycles. The van der Waals surface area contributed by atoms with Crippen molar-refractivity contribution >= 4 is 29.5 Å². The Balaban J connectivity index is 1.37. The van der Waals surface area contributed by atoms with Crippen molar-refractivity contribution in [1.29, 1.82) is 0 Å². The highest BCUT2D eigenvalue weighted by Gasteiger charge is 2.53. The molecule has 0 aromatic heterocycles. The van der Waals surface area contributed by atoms with Crippen LogP contribution in [0.15, 0.2) is 65.9 Å². The lowest BCUT2D eigenvalue weighted by atomic mass is 10.0. The Hall–Kier alpha value is -3.26. The molecule has 0 saturated carbocycles. The number of nitrogens with zero attached hydrogens (tertiary/aromatic N) is 1. The lowest BCUT2D eigenvalue weighted by molar-refractivity contribution is -0.153. The first-order valence-corrected chi connectivity index (χ1v) is 11.3. The number of carbonyl (C=O) groups excluding carboxylic acids is 3. The third-order valence-electron chi connectivity index (χ3n) is 5.41. The zero-order valence-electron chi connectivity index (χ0n) is 17.9. The van der Waals surface area contributed by atoms with Crippen LogP contribution in [-0.2, 0) is 32.1 Å². The molecule has 1 saturated heterocycles. The van der Waals surface area contributed by atoms with E-state index in [1.807, 2.05) is 49.4 Å². The fourth-order valence-electron chi connectivity index (χ4n) is 3.71. The Kier molecular flexibility index (Phi) is 6.50. The quantitative estimate of drug-likeness (QED) is 0.514. The van der Waals surface area contributed by atoms with E-state index < -0.39 is 12.0 Å². The summed E-state index contributed by atoms with van der Waals surface area (Å²) in [6, 6.07) is 15.9. The largest absolute Gasteiger partial charge is 0.497 e. The molecule has 8 heteroatoms. The van der Waals surface area contributed by atoms with Crippen LogP contribution in [-0.4, -0.2) is 47.0 Å². The Bertz CT molecular complexity index is 1050. The van der Waals surface area contributed by atoms with Gasteiger partial charge < -0.3 is 14.8 Å². The molecule has 0 spiro atoms. The number of methoxy groups -OCH3 is 1. The minimum Gasteiger partial charge on any atom is -0.497 e. The second-order valence-electron chi connectivity index (χ2n) is 7.67. The van der Waals surface area contributed by atoms with Gasteiger partial charge in [-0.25, -0.2) is 4.79 Å². The molecule has 2 aromatic carbocycles. The molecule has 2 amide bonds. The van der Waals surface area contributed by atoms with E-state index in [1.54, 1.807) is 19.2 Å². The number of amides is 2. The summed E-state index contributed by atoms with van der Waals surface area (Å²) in [6.07, 6.45) is 0.202. The second-order valence-corrected chi connectivity index (χ2v) is 8.78. The topological polar surface area (TPSA) is 84.9 Å². The van der Waals surface area contributed by atoms with E-state index in [0.717, 1.165) is 22.4 Å². The van der Waals surface area contributed by atoms with Crippen LogP contribution in [0.3, 0.4) is 0 Å². The summed E-state index contributed by atoms with van der Waals surface area (Å²) >= 11 is 1.53. The first-order valence-electron chi connectivity index (χ1n) is 10.3. The average molecular weight is 453 g/mol. The molecule has 0 bridgehead atoms. The number of fused-ring (bicyclic) bond motifs is 1. The Labute approximate surface area is 190 Å². The van der Waals surface area contributed by atoms with Crippen LogP contribution in [0.1, 0.15) is 18.1 Å². The zero-order chi connectivity index (χ0) is 22.7. The minimum absolute atomic E-state index is 0.0939. The number of rotatable bonds is 7. The van der Waals surface area contributed by atoms with E-state index in [0.29, 0.717) is 5.75 Å². The third-order valence-corrected chi connectivity index (χ3v) is 6.83. The fraction of sp³-hybridized carbons (Fsp3) is 0.292. The normalized spacial score (nSPS) is 19.7. The van der Waals surface area contributed by atoms with Gasteiger partial charge in [0.2, 0.25) is 5.91 Å². The fourth-order valence-corrected chi connectivity index (χ4v) is 5.00.